The Morgan fingerprint density at radius 1 is 1.14 bits per heavy atom. The second-order valence-electron chi connectivity index (χ2n) is 2.74. The maximum absolute atomic E-state index is 10.7. The van der Waals surface area contributed by atoms with Crippen LogP contribution in [-0.4, -0.2) is 22.2 Å². The highest BCUT2D eigenvalue weighted by Crippen LogP contribution is 2.12. The number of benzene rings is 1. The predicted molar refractivity (Wildman–Crippen MR) is 49.4 cm³/mol. The van der Waals surface area contributed by atoms with E-state index in [0.717, 1.165) is 0 Å². The van der Waals surface area contributed by atoms with Crippen molar-refractivity contribution < 1.29 is 19.8 Å². The number of hydrogen-bond acceptors (Lipinski definition) is 2. The molecule has 2 N–H and O–H groups in total. The molecule has 14 heavy (non-hydrogen) atoms. The number of carboxylic acids is 2. The van der Waals surface area contributed by atoms with Crippen LogP contribution in [0.3, 0.4) is 0 Å². The van der Waals surface area contributed by atoms with Gasteiger partial charge in [0.2, 0.25) is 0 Å². The van der Waals surface area contributed by atoms with Crippen molar-refractivity contribution in [2.24, 2.45) is 0 Å². The van der Waals surface area contributed by atoms with Gasteiger partial charge in [-0.1, -0.05) is 6.07 Å². The van der Waals surface area contributed by atoms with Crippen LogP contribution in [0.5, 0.6) is 0 Å². The fraction of sp³-hybridized carbons (Fsp3) is 0.100. The zero-order chi connectivity index (χ0) is 10.7. The van der Waals surface area contributed by atoms with Crippen LogP contribution in [0.1, 0.15) is 26.3 Å². The summed E-state index contributed by atoms with van der Waals surface area (Å²) >= 11 is 0. The van der Waals surface area contributed by atoms with Gasteiger partial charge in [0.05, 0.1) is 11.1 Å². The summed E-state index contributed by atoms with van der Waals surface area (Å²) in [4.78, 5) is 21.4. The number of aromatic carboxylic acids is 2. The third-order valence-corrected chi connectivity index (χ3v) is 1.83. The van der Waals surface area contributed by atoms with E-state index < -0.39 is 11.9 Å². The lowest BCUT2D eigenvalue weighted by Gasteiger charge is -2.03. The first-order chi connectivity index (χ1) is 6.56. The van der Waals surface area contributed by atoms with Crippen LogP contribution in [0.4, 0.5) is 0 Å². The number of hydrogen-bond donors (Lipinski definition) is 2. The van der Waals surface area contributed by atoms with Gasteiger partial charge in [0.1, 0.15) is 0 Å². The highest BCUT2D eigenvalue weighted by atomic mass is 16.4. The molecule has 0 aliphatic carbocycles. The fourth-order valence-corrected chi connectivity index (χ4v) is 1.11. The summed E-state index contributed by atoms with van der Waals surface area (Å²) < 4.78 is 0. The third kappa shape index (κ3) is 1.90. The van der Waals surface area contributed by atoms with Crippen LogP contribution in [-0.2, 0) is 6.42 Å². The zero-order valence-corrected chi connectivity index (χ0v) is 7.36. The van der Waals surface area contributed by atoms with Gasteiger partial charge in [0, 0.05) is 0 Å². The van der Waals surface area contributed by atoms with Crippen molar-refractivity contribution in [2.45, 2.75) is 6.42 Å². The largest absolute Gasteiger partial charge is 0.478 e. The molecule has 0 heterocycles. The Morgan fingerprint density at radius 2 is 1.71 bits per heavy atom. The van der Waals surface area contributed by atoms with Crippen molar-refractivity contribution in [1.29, 1.82) is 0 Å². The lowest BCUT2D eigenvalue weighted by molar-refractivity contribution is 0.0651. The van der Waals surface area contributed by atoms with E-state index in [1.165, 1.54) is 12.1 Å². The first kappa shape index (κ1) is 10.2. The molecule has 0 spiro atoms. The van der Waals surface area contributed by atoms with Crippen LogP contribution in [0.25, 0.3) is 0 Å². The molecular weight excluding hydrogens is 184 g/mol. The molecule has 4 nitrogen and oxygen atoms in total. The van der Waals surface area contributed by atoms with E-state index >= 15 is 0 Å². The molecule has 1 aromatic carbocycles. The van der Waals surface area contributed by atoms with E-state index in [2.05, 4.69) is 6.92 Å². The molecule has 1 aromatic rings. The minimum Gasteiger partial charge on any atom is -0.478 e. The topological polar surface area (TPSA) is 74.6 Å². The summed E-state index contributed by atoms with van der Waals surface area (Å²) in [6.07, 6.45) is 0.431. The van der Waals surface area contributed by atoms with Crippen LogP contribution < -0.4 is 0 Å². The average Bonchev–Trinajstić information content (AvgIpc) is 2.16. The SMILES string of the molecule is [CH2]Cc1ccc(C(=O)O)c(C(=O)O)c1. The van der Waals surface area contributed by atoms with Crippen LogP contribution in [0.2, 0.25) is 0 Å². The molecule has 4 heteroatoms. The minimum atomic E-state index is -1.24. The van der Waals surface area contributed by atoms with Crippen LogP contribution >= 0.6 is 0 Å². The van der Waals surface area contributed by atoms with E-state index in [1.54, 1.807) is 6.07 Å². The highest BCUT2D eigenvalue weighted by molar-refractivity contribution is 6.01. The summed E-state index contributed by atoms with van der Waals surface area (Å²) in [6.45, 7) is 3.59. The van der Waals surface area contributed by atoms with Crippen molar-refractivity contribution >= 4 is 11.9 Å². The Labute approximate surface area is 80.8 Å². The number of carbonyl (C=O) groups is 2. The maximum Gasteiger partial charge on any atom is 0.336 e. The summed E-state index contributed by atoms with van der Waals surface area (Å²) in [7, 11) is 0. The van der Waals surface area contributed by atoms with E-state index in [4.69, 9.17) is 10.2 Å². The molecule has 1 rings (SSSR count). The molecule has 0 aliphatic rings. The van der Waals surface area contributed by atoms with Crippen molar-refractivity contribution in [1.82, 2.24) is 0 Å². The fourth-order valence-electron chi connectivity index (χ4n) is 1.11. The Kier molecular flexibility index (Phi) is 2.86. The quantitative estimate of drug-likeness (QED) is 0.762. The summed E-state index contributed by atoms with van der Waals surface area (Å²) in [6, 6.07) is 4.17. The Hall–Kier alpha value is -1.84. The molecule has 0 atom stereocenters. The molecular formula is C10H9O4. The molecule has 0 bridgehead atoms. The first-order valence-corrected chi connectivity index (χ1v) is 3.95. The van der Waals surface area contributed by atoms with Gasteiger partial charge >= 0.3 is 11.9 Å². The van der Waals surface area contributed by atoms with Crippen molar-refractivity contribution in [3.05, 3.63) is 41.8 Å². The molecule has 0 fully saturated rings. The Bertz CT molecular complexity index is 382. The summed E-state index contributed by atoms with van der Waals surface area (Å²) in [5, 5.41) is 17.4. The Morgan fingerprint density at radius 3 is 2.14 bits per heavy atom. The molecule has 0 aliphatic heterocycles. The predicted octanol–water partition coefficient (Wildman–Crippen LogP) is 1.46. The normalized spacial score (nSPS) is 9.79. The average molecular weight is 193 g/mol. The van der Waals surface area contributed by atoms with Gasteiger partial charge < -0.3 is 10.2 Å². The van der Waals surface area contributed by atoms with E-state index in [9.17, 15) is 9.59 Å². The smallest absolute Gasteiger partial charge is 0.336 e. The van der Waals surface area contributed by atoms with Gasteiger partial charge in [-0.25, -0.2) is 9.59 Å². The van der Waals surface area contributed by atoms with E-state index in [0.29, 0.717) is 12.0 Å². The van der Waals surface area contributed by atoms with Crippen molar-refractivity contribution in [2.75, 3.05) is 0 Å². The standard InChI is InChI=1S/C10H9O4/c1-2-6-3-4-7(9(11)12)8(5-6)10(13)14/h3-5H,1-2H2,(H,11,12)(H,13,14). The molecule has 73 valence electrons. The zero-order valence-electron chi connectivity index (χ0n) is 7.36. The number of carboxylic acid groups (broad SMARTS) is 2. The maximum atomic E-state index is 10.7. The highest BCUT2D eigenvalue weighted by Gasteiger charge is 2.15. The summed E-state index contributed by atoms with van der Waals surface area (Å²) in [5.74, 6) is -2.48. The van der Waals surface area contributed by atoms with Gasteiger partial charge in [-0.05, 0) is 31.0 Å². The molecule has 1 radical (unpaired) electrons. The van der Waals surface area contributed by atoms with Crippen LogP contribution in [0, 0.1) is 6.92 Å². The van der Waals surface area contributed by atoms with Gasteiger partial charge in [-0.15, -0.1) is 0 Å². The second kappa shape index (κ2) is 3.91. The van der Waals surface area contributed by atoms with Crippen LogP contribution in [0.15, 0.2) is 18.2 Å². The molecule has 0 saturated carbocycles. The van der Waals surface area contributed by atoms with Gasteiger partial charge in [0.25, 0.3) is 0 Å². The first-order valence-electron chi connectivity index (χ1n) is 3.95. The third-order valence-electron chi connectivity index (χ3n) is 1.83. The van der Waals surface area contributed by atoms with Crippen molar-refractivity contribution in [3.63, 3.8) is 0 Å². The number of rotatable bonds is 3. The Balaban J connectivity index is 3.31. The monoisotopic (exact) mass is 193 g/mol. The van der Waals surface area contributed by atoms with Gasteiger partial charge in [0.15, 0.2) is 0 Å². The molecule has 0 aromatic heterocycles. The molecule has 0 saturated heterocycles. The second-order valence-corrected chi connectivity index (χ2v) is 2.74. The lowest BCUT2D eigenvalue weighted by Crippen LogP contribution is -2.08. The molecule has 0 amide bonds. The van der Waals surface area contributed by atoms with E-state index in [-0.39, 0.29) is 11.1 Å². The van der Waals surface area contributed by atoms with Crippen molar-refractivity contribution in [3.8, 4) is 0 Å². The van der Waals surface area contributed by atoms with E-state index in [1.807, 2.05) is 0 Å². The van der Waals surface area contributed by atoms with Gasteiger partial charge in [-0.3, -0.25) is 0 Å². The lowest BCUT2D eigenvalue weighted by atomic mass is 10.0. The minimum absolute atomic E-state index is 0.196. The van der Waals surface area contributed by atoms with Gasteiger partial charge in [-0.2, -0.15) is 0 Å². The molecule has 0 unspecified atom stereocenters. The summed E-state index contributed by atoms with van der Waals surface area (Å²) in [5.41, 5.74) is 0.306.